The average Bonchev–Trinajstić information content (AvgIpc) is 2.72. The monoisotopic (exact) mass is 422 g/mol. The Morgan fingerprint density at radius 3 is 2.36 bits per heavy atom. The Hall–Kier alpha value is -1.59. The number of hydrogen-bond acceptors (Lipinski definition) is 3. The molecule has 28 heavy (non-hydrogen) atoms. The van der Waals surface area contributed by atoms with Gasteiger partial charge in [-0.05, 0) is 36.1 Å². The summed E-state index contributed by atoms with van der Waals surface area (Å²) in [7, 11) is 0. The zero-order valence-corrected chi connectivity index (χ0v) is 17.6. The molecule has 2 unspecified atom stereocenters. The van der Waals surface area contributed by atoms with E-state index < -0.39 is 0 Å². The van der Waals surface area contributed by atoms with Gasteiger partial charge in [0.2, 0.25) is 5.91 Å². The van der Waals surface area contributed by atoms with Crippen LogP contribution in [0.1, 0.15) is 36.9 Å². The molecule has 152 valence electrons. The first-order valence-electron chi connectivity index (χ1n) is 9.44. The molecule has 4 nitrogen and oxygen atoms in total. The van der Waals surface area contributed by atoms with E-state index in [1.54, 1.807) is 0 Å². The van der Waals surface area contributed by atoms with Gasteiger partial charge in [-0.2, -0.15) is 0 Å². The van der Waals surface area contributed by atoms with E-state index >= 15 is 0 Å². The van der Waals surface area contributed by atoms with Crippen LogP contribution in [0, 0.1) is 5.92 Å². The summed E-state index contributed by atoms with van der Waals surface area (Å²) in [6.45, 7) is 3.84. The number of benzene rings is 2. The van der Waals surface area contributed by atoms with Crippen LogP contribution < -0.4 is 11.1 Å². The summed E-state index contributed by atoms with van der Waals surface area (Å²) < 4.78 is 5.56. The van der Waals surface area contributed by atoms with E-state index in [9.17, 15) is 4.79 Å². The Bertz CT molecular complexity index is 747. The number of hydrogen-bond donors (Lipinski definition) is 2. The van der Waals surface area contributed by atoms with Gasteiger partial charge < -0.3 is 15.8 Å². The van der Waals surface area contributed by atoms with E-state index in [1.165, 1.54) is 5.56 Å². The van der Waals surface area contributed by atoms with Crippen molar-refractivity contribution >= 4 is 29.9 Å². The molecule has 0 spiro atoms. The number of carbonyl (C=O) groups is 1. The lowest BCUT2D eigenvalue weighted by atomic mass is 9.74. The van der Waals surface area contributed by atoms with Crippen LogP contribution in [0.4, 0.5) is 0 Å². The summed E-state index contributed by atoms with van der Waals surface area (Å²) in [6.07, 6.45) is 1.74. The Balaban J connectivity index is 0.00000280. The van der Waals surface area contributed by atoms with Crippen molar-refractivity contribution in [3.05, 3.63) is 70.7 Å². The van der Waals surface area contributed by atoms with Crippen LogP contribution in [0.3, 0.4) is 0 Å². The zero-order chi connectivity index (χ0) is 19.3. The van der Waals surface area contributed by atoms with E-state index in [4.69, 9.17) is 22.1 Å². The van der Waals surface area contributed by atoms with Gasteiger partial charge in [-0.15, -0.1) is 12.4 Å². The fourth-order valence-electron chi connectivity index (χ4n) is 3.68. The molecule has 2 atom stereocenters. The fourth-order valence-corrected chi connectivity index (χ4v) is 3.80. The fraction of sp³-hybridized carbons (Fsp3) is 0.409. The van der Waals surface area contributed by atoms with E-state index in [2.05, 4.69) is 17.4 Å². The Labute approximate surface area is 178 Å². The Kier molecular flexibility index (Phi) is 8.32. The van der Waals surface area contributed by atoms with E-state index in [0.717, 1.165) is 18.4 Å². The van der Waals surface area contributed by atoms with Crippen LogP contribution >= 0.6 is 24.0 Å². The highest BCUT2D eigenvalue weighted by Gasteiger charge is 2.35. The largest absolute Gasteiger partial charge is 0.381 e. The van der Waals surface area contributed by atoms with Gasteiger partial charge in [0, 0.05) is 36.2 Å². The first-order valence-corrected chi connectivity index (χ1v) is 9.82. The molecule has 2 aromatic rings. The maximum atomic E-state index is 12.8. The summed E-state index contributed by atoms with van der Waals surface area (Å²) in [5.41, 5.74) is 8.34. The Morgan fingerprint density at radius 2 is 1.75 bits per heavy atom. The average molecular weight is 423 g/mol. The van der Waals surface area contributed by atoms with Crippen molar-refractivity contribution < 1.29 is 9.53 Å². The summed E-state index contributed by atoms with van der Waals surface area (Å²) in [4.78, 5) is 12.8. The van der Waals surface area contributed by atoms with Crippen molar-refractivity contribution in [3.8, 4) is 0 Å². The first kappa shape index (κ1) is 22.7. The van der Waals surface area contributed by atoms with Gasteiger partial charge in [-0.25, -0.2) is 0 Å². The summed E-state index contributed by atoms with van der Waals surface area (Å²) in [5.74, 6) is -0.333. The summed E-state index contributed by atoms with van der Waals surface area (Å²) in [6, 6.07) is 17.3. The molecule has 1 fully saturated rings. The number of ether oxygens (including phenoxy) is 1. The number of rotatable bonds is 6. The van der Waals surface area contributed by atoms with Gasteiger partial charge >= 0.3 is 0 Å². The van der Waals surface area contributed by atoms with Crippen LogP contribution in [0.5, 0.6) is 0 Å². The molecule has 0 aromatic heterocycles. The van der Waals surface area contributed by atoms with Gasteiger partial charge in [0.1, 0.15) is 0 Å². The second kappa shape index (κ2) is 10.3. The van der Waals surface area contributed by atoms with E-state index in [-0.39, 0.29) is 35.7 Å². The molecular weight excluding hydrogens is 395 g/mol. The minimum Gasteiger partial charge on any atom is -0.381 e. The number of halogens is 2. The highest BCUT2D eigenvalue weighted by Crippen LogP contribution is 2.35. The summed E-state index contributed by atoms with van der Waals surface area (Å²) >= 11 is 6.05. The molecule has 0 saturated carbocycles. The van der Waals surface area contributed by atoms with Crippen molar-refractivity contribution in [3.63, 3.8) is 0 Å². The van der Waals surface area contributed by atoms with Crippen molar-refractivity contribution in [2.24, 2.45) is 11.7 Å². The number of amides is 1. The van der Waals surface area contributed by atoms with Crippen LogP contribution in [-0.2, 0) is 14.9 Å². The maximum Gasteiger partial charge on any atom is 0.224 e. The van der Waals surface area contributed by atoms with Gasteiger partial charge in [0.25, 0.3) is 0 Å². The zero-order valence-electron chi connectivity index (χ0n) is 16.1. The standard InChI is InChI=1S/C22H27ClN2O2.ClH/c1-16(20(24)17-5-3-2-4-6-17)21(26)25-15-22(11-13-27-14-12-22)18-7-9-19(23)10-8-18;/h2-10,16,20H,11-15,24H2,1H3,(H,25,26);1H. The third-order valence-electron chi connectivity index (χ3n) is 5.64. The lowest BCUT2D eigenvalue weighted by Crippen LogP contribution is -2.46. The molecule has 3 rings (SSSR count). The smallest absolute Gasteiger partial charge is 0.224 e. The topological polar surface area (TPSA) is 64.3 Å². The third kappa shape index (κ3) is 5.26. The van der Waals surface area contributed by atoms with Crippen LogP contribution in [-0.4, -0.2) is 25.7 Å². The second-order valence-corrected chi connectivity index (χ2v) is 7.78. The van der Waals surface area contributed by atoms with Gasteiger partial charge in [0.05, 0.1) is 5.92 Å². The van der Waals surface area contributed by atoms with E-state index in [1.807, 2.05) is 49.4 Å². The molecule has 1 aliphatic rings. The number of nitrogens with two attached hydrogens (primary N) is 1. The summed E-state index contributed by atoms with van der Waals surface area (Å²) in [5, 5.41) is 3.86. The number of nitrogens with one attached hydrogen (secondary N) is 1. The second-order valence-electron chi connectivity index (χ2n) is 7.34. The van der Waals surface area contributed by atoms with Crippen molar-refractivity contribution in [2.75, 3.05) is 19.8 Å². The predicted molar refractivity (Wildman–Crippen MR) is 116 cm³/mol. The molecule has 1 amide bonds. The quantitative estimate of drug-likeness (QED) is 0.730. The first-order chi connectivity index (χ1) is 13.0. The molecule has 6 heteroatoms. The lowest BCUT2D eigenvalue weighted by molar-refractivity contribution is -0.125. The molecular formula is C22H28Cl2N2O2. The molecule has 3 N–H and O–H groups in total. The molecule has 1 heterocycles. The predicted octanol–water partition coefficient (Wildman–Crippen LogP) is 4.26. The van der Waals surface area contributed by atoms with E-state index in [0.29, 0.717) is 24.8 Å². The SMILES string of the molecule is CC(C(=O)NCC1(c2ccc(Cl)cc2)CCOCC1)C(N)c1ccccc1.Cl. The minimum atomic E-state index is -0.327. The van der Waals surface area contributed by atoms with Crippen LogP contribution in [0.15, 0.2) is 54.6 Å². The molecule has 0 radical (unpaired) electrons. The highest BCUT2D eigenvalue weighted by atomic mass is 35.5. The van der Waals surface area contributed by atoms with Crippen molar-refractivity contribution in [1.82, 2.24) is 5.32 Å². The molecule has 1 saturated heterocycles. The van der Waals surface area contributed by atoms with Gasteiger partial charge in [-0.3, -0.25) is 4.79 Å². The third-order valence-corrected chi connectivity index (χ3v) is 5.90. The van der Waals surface area contributed by atoms with Crippen molar-refractivity contribution in [1.29, 1.82) is 0 Å². The van der Waals surface area contributed by atoms with Crippen LogP contribution in [0.25, 0.3) is 0 Å². The molecule has 0 aliphatic carbocycles. The normalized spacial score (nSPS) is 17.8. The lowest BCUT2D eigenvalue weighted by Gasteiger charge is -2.38. The van der Waals surface area contributed by atoms with Gasteiger partial charge in [-0.1, -0.05) is 61.0 Å². The molecule has 0 bridgehead atoms. The molecule has 2 aromatic carbocycles. The van der Waals surface area contributed by atoms with Crippen LogP contribution in [0.2, 0.25) is 5.02 Å². The molecule has 1 aliphatic heterocycles. The Morgan fingerprint density at radius 1 is 1.14 bits per heavy atom. The van der Waals surface area contributed by atoms with Gasteiger partial charge in [0.15, 0.2) is 0 Å². The van der Waals surface area contributed by atoms with Crippen molar-refractivity contribution in [2.45, 2.75) is 31.2 Å². The highest BCUT2D eigenvalue weighted by molar-refractivity contribution is 6.30. The maximum absolute atomic E-state index is 12.8. The number of carbonyl (C=O) groups excluding carboxylic acids is 1. The minimum absolute atomic E-state index is 0.